The van der Waals surface area contributed by atoms with Gasteiger partial charge in [0.15, 0.2) is 16.6 Å². The molecule has 0 saturated heterocycles. The Kier molecular flexibility index (Phi) is 6.25. The molecule has 8 heteroatoms. The first kappa shape index (κ1) is 22.8. The summed E-state index contributed by atoms with van der Waals surface area (Å²) in [5.41, 5.74) is 10.3. The van der Waals surface area contributed by atoms with E-state index >= 15 is 0 Å². The standard InChI is InChI=1S/C26H32N6OS/c1-16-14-34-25(31-16)28-13-12-17-4-6-18(7-5-17)19-8-10-20(11-9-19)22-26(2,3)33-24-21(32-22)23(27)29-15-30-24/h8-11,14-15,17-18H,4-7,12-13H2,1-3H3,(H,28,31)(H2,27,29,30). The van der Waals surface area contributed by atoms with Crippen LogP contribution in [0.3, 0.4) is 0 Å². The number of nitrogens with one attached hydrogen (secondary N) is 1. The third-order valence-electron chi connectivity index (χ3n) is 6.91. The molecule has 34 heavy (non-hydrogen) atoms. The van der Waals surface area contributed by atoms with E-state index in [1.165, 1.54) is 44.0 Å². The minimum Gasteiger partial charge on any atom is -0.463 e. The molecular weight excluding hydrogens is 444 g/mol. The Morgan fingerprint density at radius 1 is 1.12 bits per heavy atom. The van der Waals surface area contributed by atoms with Gasteiger partial charge in [0.05, 0.1) is 11.4 Å². The lowest BCUT2D eigenvalue weighted by molar-refractivity contribution is 0.171. The van der Waals surface area contributed by atoms with E-state index in [1.807, 2.05) is 20.8 Å². The maximum Gasteiger partial charge on any atom is 0.246 e. The summed E-state index contributed by atoms with van der Waals surface area (Å²) in [5, 5.41) is 6.62. The monoisotopic (exact) mass is 476 g/mol. The van der Waals surface area contributed by atoms with Crippen molar-refractivity contribution >= 4 is 33.7 Å². The number of nitrogens with zero attached hydrogens (tertiary/aromatic N) is 4. The second-order valence-corrected chi connectivity index (χ2v) is 10.7. The fraction of sp³-hybridized carbons (Fsp3) is 0.462. The van der Waals surface area contributed by atoms with Crippen LogP contribution in [0.25, 0.3) is 0 Å². The number of hydrogen-bond acceptors (Lipinski definition) is 8. The molecule has 1 aliphatic heterocycles. The minimum atomic E-state index is -0.598. The molecule has 7 nitrogen and oxygen atoms in total. The number of rotatable bonds is 6. The van der Waals surface area contributed by atoms with Gasteiger partial charge in [-0.3, -0.25) is 0 Å². The van der Waals surface area contributed by atoms with Crippen molar-refractivity contribution in [2.45, 2.75) is 64.4 Å². The van der Waals surface area contributed by atoms with E-state index in [4.69, 9.17) is 15.5 Å². The van der Waals surface area contributed by atoms with E-state index in [9.17, 15) is 0 Å². The van der Waals surface area contributed by atoms with Crippen molar-refractivity contribution in [1.82, 2.24) is 15.0 Å². The highest BCUT2D eigenvalue weighted by molar-refractivity contribution is 7.13. The van der Waals surface area contributed by atoms with Gasteiger partial charge in [-0.15, -0.1) is 11.3 Å². The molecule has 2 aliphatic rings. The van der Waals surface area contributed by atoms with Crippen molar-refractivity contribution < 1.29 is 4.74 Å². The molecule has 1 saturated carbocycles. The van der Waals surface area contributed by atoms with Crippen LogP contribution >= 0.6 is 11.3 Å². The predicted molar refractivity (Wildman–Crippen MR) is 138 cm³/mol. The number of benzene rings is 1. The van der Waals surface area contributed by atoms with E-state index in [-0.39, 0.29) is 0 Å². The third kappa shape index (κ3) is 4.78. The molecule has 1 aliphatic carbocycles. The molecule has 5 rings (SSSR count). The smallest absolute Gasteiger partial charge is 0.246 e. The van der Waals surface area contributed by atoms with Crippen LogP contribution in [-0.4, -0.2) is 32.8 Å². The predicted octanol–water partition coefficient (Wildman–Crippen LogP) is 5.89. The Morgan fingerprint density at radius 2 is 1.88 bits per heavy atom. The highest BCUT2D eigenvalue weighted by atomic mass is 32.1. The Labute approximate surface area is 204 Å². The maximum atomic E-state index is 6.12. The molecule has 178 valence electrons. The number of ether oxygens (including phenoxy) is 1. The molecule has 0 amide bonds. The van der Waals surface area contributed by atoms with E-state index < -0.39 is 5.60 Å². The topological polar surface area (TPSA) is 98.3 Å². The quantitative estimate of drug-likeness (QED) is 0.460. The molecular formula is C26H32N6OS. The lowest BCUT2D eigenvalue weighted by Crippen LogP contribution is -2.41. The lowest BCUT2D eigenvalue weighted by Gasteiger charge is -2.32. The number of nitrogen functional groups attached to an aromatic ring is 1. The first-order valence-electron chi connectivity index (χ1n) is 12.0. The summed E-state index contributed by atoms with van der Waals surface area (Å²) in [6, 6.07) is 8.84. The van der Waals surface area contributed by atoms with Gasteiger partial charge in [-0.2, -0.15) is 4.98 Å². The molecule has 0 bridgehead atoms. The second-order valence-electron chi connectivity index (χ2n) is 9.83. The number of aryl methyl sites for hydroxylation is 1. The van der Waals surface area contributed by atoms with Crippen LogP contribution in [0, 0.1) is 12.8 Å². The number of aromatic nitrogens is 3. The van der Waals surface area contributed by atoms with Crippen molar-refractivity contribution in [3.8, 4) is 5.88 Å². The average molecular weight is 477 g/mol. The third-order valence-corrected chi connectivity index (χ3v) is 7.83. The van der Waals surface area contributed by atoms with Crippen molar-refractivity contribution in [1.29, 1.82) is 0 Å². The van der Waals surface area contributed by atoms with Crippen LogP contribution in [-0.2, 0) is 0 Å². The van der Waals surface area contributed by atoms with E-state index in [1.54, 1.807) is 11.3 Å². The Bertz CT molecular complexity index is 1180. The van der Waals surface area contributed by atoms with Gasteiger partial charge in [-0.05, 0) is 70.3 Å². The zero-order chi connectivity index (χ0) is 23.7. The summed E-state index contributed by atoms with van der Waals surface area (Å²) in [4.78, 5) is 17.5. The number of aliphatic imine (C=N–C) groups is 1. The molecule has 2 aromatic heterocycles. The number of hydrogen-bond donors (Lipinski definition) is 2. The number of anilines is 2. The Balaban J connectivity index is 1.20. The van der Waals surface area contributed by atoms with E-state index in [2.05, 4.69) is 49.9 Å². The SMILES string of the molecule is Cc1csc(NCCC2CCC(c3ccc(C4=Nc5c(N)ncnc5OC4(C)C)cc3)CC2)n1. The molecule has 0 spiro atoms. The molecule has 1 aromatic carbocycles. The fourth-order valence-electron chi connectivity index (χ4n) is 5.02. The fourth-order valence-corrected chi connectivity index (χ4v) is 5.74. The average Bonchev–Trinajstić information content (AvgIpc) is 3.24. The van der Waals surface area contributed by atoms with E-state index in [0.717, 1.165) is 34.6 Å². The van der Waals surface area contributed by atoms with Gasteiger partial charge in [0.25, 0.3) is 0 Å². The van der Waals surface area contributed by atoms with E-state index in [0.29, 0.717) is 23.3 Å². The van der Waals surface area contributed by atoms with Crippen LogP contribution in [0.15, 0.2) is 41.0 Å². The summed E-state index contributed by atoms with van der Waals surface area (Å²) < 4.78 is 6.12. The van der Waals surface area contributed by atoms with Crippen molar-refractivity contribution in [3.63, 3.8) is 0 Å². The molecule has 0 atom stereocenters. The summed E-state index contributed by atoms with van der Waals surface area (Å²) in [6.07, 6.45) is 7.69. The first-order valence-corrected chi connectivity index (χ1v) is 12.9. The largest absolute Gasteiger partial charge is 0.463 e. The van der Waals surface area contributed by atoms with Crippen LogP contribution in [0.5, 0.6) is 5.88 Å². The Morgan fingerprint density at radius 3 is 2.59 bits per heavy atom. The van der Waals surface area contributed by atoms with Crippen LogP contribution in [0.2, 0.25) is 0 Å². The van der Waals surface area contributed by atoms with Crippen LogP contribution in [0.1, 0.15) is 68.7 Å². The van der Waals surface area contributed by atoms with Crippen molar-refractivity contribution in [3.05, 3.63) is 52.8 Å². The number of thiazole rings is 1. The summed E-state index contributed by atoms with van der Waals surface area (Å²) in [5.74, 6) is 2.20. The van der Waals surface area contributed by atoms with Gasteiger partial charge in [0.1, 0.15) is 11.9 Å². The van der Waals surface area contributed by atoms with Crippen molar-refractivity contribution in [2.75, 3.05) is 17.6 Å². The van der Waals surface area contributed by atoms with Gasteiger partial charge in [0.2, 0.25) is 5.88 Å². The van der Waals surface area contributed by atoms with Gasteiger partial charge in [-0.25, -0.2) is 15.0 Å². The minimum absolute atomic E-state index is 0.336. The van der Waals surface area contributed by atoms with Crippen LogP contribution < -0.4 is 15.8 Å². The Hall–Kier alpha value is -3.00. The first-order chi connectivity index (χ1) is 16.4. The molecule has 3 heterocycles. The maximum absolute atomic E-state index is 6.12. The molecule has 0 unspecified atom stereocenters. The molecule has 1 fully saturated rings. The molecule has 3 N–H and O–H groups in total. The normalized spacial score (nSPS) is 21.3. The zero-order valence-electron chi connectivity index (χ0n) is 20.0. The number of nitrogens with two attached hydrogens (primary N) is 1. The van der Waals surface area contributed by atoms with Gasteiger partial charge in [0, 0.05) is 17.5 Å². The highest BCUT2D eigenvalue weighted by Crippen LogP contribution is 2.40. The second kappa shape index (κ2) is 9.33. The van der Waals surface area contributed by atoms with Gasteiger partial charge in [-0.1, -0.05) is 24.3 Å². The van der Waals surface area contributed by atoms with Gasteiger partial charge >= 0.3 is 0 Å². The summed E-state index contributed by atoms with van der Waals surface area (Å²) in [7, 11) is 0. The zero-order valence-corrected chi connectivity index (χ0v) is 20.9. The lowest BCUT2D eigenvalue weighted by atomic mass is 9.77. The van der Waals surface area contributed by atoms with Gasteiger partial charge < -0.3 is 15.8 Å². The van der Waals surface area contributed by atoms with Crippen molar-refractivity contribution in [2.24, 2.45) is 10.9 Å². The molecule has 0 radical (unpaired) electrons. The summed E-state index contributed by atoms with van der Waals surface area (Å²) in [6.45, 7) is 7.06. The van der Waals surface area contributed by atoms with Crippen LogP contribution in [0.4, 0.5) is 16.6 Å². The highest BCUT2D eigenvalue weighted by Gasteiger charge is 2.35. The molecule has 3 aromatic rings. The summed E-state index contributed by atoms with van der Waals surface area (Å²) >= 11 is 1.69. The number of fused-ring (bicyclic) bond motifs is 1.